The predicted octanol–water partition coefficient (Wildman–Crippen LogP) is 3.15. The molecule has 0 bridgehead atoms. The first-order chi connectivity index (χ1) is 13.3. The minimum atomic E-state index is -3.32. The number of rotatable bonds is 6. The van der Waals surface area contributed by atoms with Gasteiger partial charge in [0.1, 0.15) is 5.75 Å². The molecule has 1 aliphatic rings. The second kappa shape index (κ2) is 8.02. The van der Waals surface area contributed by atoms with Gasteiger partial charge in [0.15, 0.2) is 0 Å². The molecule has 8 heteroatoms. The predicted molar refractivity (Wildman–Crippen MR) is 109 cm³/mol. The summed E-state index contributed by atoms with van der Waals surface area (Å²) >= 11 is 0. The number of nitrogens with zero attached hydrogens (tertiary/aromatic N) is 2. The van der Waals surface area contributed by atoms with Crippen LogP contribution in [0, 0.1) is 0 Å². The van der Waals surface area contributed by atoms with E-state index in [1.165, 1.54) is 11.9 Å². The fourth-order valence-electron chi connectivity index (χ4n) is 3.04. The average molecular weight is 401 g/mol. The van der Waals surface area contributed by atoms with Gasteiger partial charge in [-0.3, -0.25) is 9.52 Å². The van der Waals surface area contributed by atoms with E-state index in [1.807, 2.05) is 24.3 Å². The van der Waals surface area contributed by atoms with E-state index in [-0.39, 0.29) is 17.7 Å². The Labute approximate surface area is 165 Å². The van der Waals surface area contributed by atoms with Crippen LogP contribution >= 0.6 is 0 Å². The number of amides is 1. The zero-order chi connectivity index (χ0) is 20.3. The van der Waals surface area contributed by atoms with Gasteiger partial charge in [-0.1, -0.05) is 24.3 Å². The highest BCUT2D eigenvalue weighted by molar-refractivity contribution is 7.92. The van der Waals surface area contributed by atoms with Crippen LogP contribution in [0.5, 0.6) is 5.75 Å². The number of carbonyl (C=O) groups is 1. The number of hydrogen-bond donors (Lipinski definition) is 1. The average Bonchev–Trinajstić information content (AvgIpc) is 3.14. The van der Waals surface area contributed by atoms with Crippen molar-refractivity contribution in [3.8, 4) is 5.75 Å². The summed E-state index contributed by atoms with van der Waals surface area (Å²) in [4.78, 5) is 12.1. The molecular weight excluding hydrogens is 378 g/mol. The first kappa shape index (κ1) is 19.9. The van der Waals surface area contributed by atoms with E-state index in [0.29, 0.717) is 12.1 Å². The number of benzene rings is 2. The minimum Gasteiger partial charge on any atom is -0.497 e. The molecule has 0 radical (unpaired) electrons. The SMILES string of the molecule is CCS(=O)(=O)Nc1ccc(C2=NN(C(C)=O)[C@@H](c3ccc(OC)cc3)C2)cc1. The summed E-state index contributed by atoms with van der Waals surface area (Å²) in [6.45, 7) is 3.07. The van der Waals surface area contributed by atoms with Gasteiger partial charge < -0.3 is 4.74 Å². The smallest absolute Gasteiger partial charge is 0.240 e. The molecule has 0 aliphatic carbocycles. The van der Waals surface area contributed by atoms with E-state index in [4.69, 9.17) is 4.74 Å². The third kappa shape index (κ3) is 4.33. The van der Waals surface area contributed by atoms with Gasteiger partial charge in [0.05, 0.1) is 24.6 Å². The maximum atomic E-state index is 12.1. The number of carbonyl (C=O) groups excluding carboxylic acids is 1. The minimum absolute atomic E-state index is 0.0125. The Morgan fingerprint density at radius 2 is 1.82 bits per heavy atom. The lowest BCUT2D eigenvalue weighted by Crippen LogP contribution is -2.24. The molecule has 2 aromatic rings. The Bertz CT molecular complexity index is 983. The van der Waals surface area contributed by atoms with E-state index in [0.717, 1.165) is 22.6 Å². The summed E-state index contributed by atoms with van der Waals surface area (Å²) in [6, 6.07) is 14.4. The lowest BCUT2D eigenvalue weighted by atomic mass is 9.98. The Morgan fingerprint density at radius 3 is 2.36 bits per heavy atom. The highest BCUT2D eigenvalue weighted by Gasteiger charge is 2.31. The van der Waals surface area contributed by atoms with Crippen LogP contribution in [0.15, 0.2) is 53.6 Å². The molecule has 0 saturated carbocycles. The summed E-state index contributed by atoms with van der Waals surface area (Å²) in [6.07, 6.45) is 0.575. The van der Waals surface area contributed by atoms with Gasteiger partial charge in [-0.25, -0.2) is 13.4 Å². The first-order valence-corrected chi connectivity index (χ1v) is 10.6. The van der Waals surface area contributed by atoms with Crippen molar-refractivity contribution in [2.45, 2.75) is 26.3 Å². The molecule has 1 atom stereocenters. The van der Waals surface area contributed by atoms with Gasteiger partial charge in [0.25, 0.3) is 0 Å². The number of sulfonamides is 1. The van der Waals surface area contributed by atoms with Crippen LogP contribution in [0.25, 0.3) is 0 Å². The van der Waals surface area contributed by atoms with Crippen molar-refractivity contribution in [1.82, 2.24) is 5.01 Å². The van der Waals surface area contributed by atoms with Crippen LogP contribution in [0.3, 0.4) is 0 Å². The quantitative estimate of drug-likeness (QED) is 0.805. The molecule has 0 saturated heterocycles. The molecule has 1 aliphatic heterocycles. The number of anilines is 1. The van der Waals surface area contributed by atoms with Crippen LogP contribution in [-0.2, 0) is 14.8 Å². The van der Waals surface area contributed by atoms with Crippen molar-refractivity contribution in [2.75, 3.05) is 17.6 Å². The van der Waals surface area contributed by atoms with Gasteiger partial charge in [0.2, 0.25) is 15.9 Å². The summed E-state index contributed by atoms with van der Waals surface area (Å²) in [5.41, 5.74) is 3.10. The van der Waals surface area contributed by atoms with Crippen molar-refractivity contribution in [3.05, 3.63) is 59.7 Å². The standard InChI is InChI=1S/C20H23N3O4S/c1-4-28(25,26)22-17-9-5-15(6-10-17)19-13-20(23(21-19)14(2)24)16-7-11-18(27-3)12-8-16/h5-12,20,22H,4,13H2,1-3H3/t20-/m1/s1. The summed E-state index contributed by atoms with van der Waals surface area (Å²) in [5.74, 6) is 0.629. The molecule has 1 N–H and O–H groups in total. The van der Waals surface area contributed by atoms with Crippen molar-refractivity contribution in [2.24, 2.45) is 5.10 Å². The number of nitrogens with one attached hydrogen (secondary N) is 1. The highest BCUT2D eigenvalue weighted by atomic mass is 32.2. The molecular formula is C20H23N3O4S. The molecule has 7 nitrogen and oxygen atoms in total. The summed E-state index contributed by atoms with van der Waals surface area (Å²) in [5, 5.41) is 6.00. The fourth-order valence-corrected chi connectivity index (χ4v) is 3.68. The molecule has 0 aromatic heterocycles. The van der Waals surface area contributed by atoms with Crippen LogP contribution in [0.1, 0.15) is 37.4 Å². The monoisotopic (exact) mass is 401 g/mol. The molecule has 2 aromatic carbocycles. The molecule has 0 unspecified atom stereocenters. The van der Waals surface area contributed by atoms with E-state index in [2.05, 4.69) is 9.82 Å². The highest BCUT2D eigenvalue weighted by Crippen LogP contribution is 2.33. The molecule has 1 heterocycles. The molecule has 3 rings (SSSR count). The summed E-state index contributed by atoms with van der Waals surface area (Å²) < 4.78 is 31.1. The maximum absolute atomic E-state index is 12.1. The number of methoxy groups -OCH3 is 1. The zero-order valence-electron chi connectivity index (χ0n) is 16.0. The van der Waals surface area contributed by atoms with Gasteiger partial charge in [0, 0.05) is 19.0 Å². The Morgan fingerprint density at radius 1 is 1.18 bits per heavy atom. The molecule has 0 fully saturated rings. The second-order valence-corrected chi connectivity index (χ2v) is 8.50. The van der Waals surface area contributed by atoms with Gasteiger partial charge in [-0.05, 0) is 42.3 Å². The topological polar surface area (TPSA) is 88.1 Å². The van der Waals surface area contributed by atoms with Gasteiger partial charge >= 0.3 is 0 Å². The molecule has 1 amide bonds. The Balaban J connectivity index is 1.82. The number of hydrogen-bond acceptors (Lipinski definition) is 5. The second-order valence-electron chi connectivity index (χ2n) is 6.49. The van der Waals surface area contributed by atoms with E-state index >= 15 is 0 Å². The Kier molecular flexibility index (Phi) is 5.69. The van der Waals surface area contributed by atoms with E-state index in [9.17, 15) is 13.2 Å². The molecule has 28 heavy (non-hydrogen) atoms. The van der Waals surface area contributed by atoms with Gasteiger partial charge in [-0.15, -0.1) is 0 Å². The lowest BCUT2D eigenvalue weighted by Gasteiger charge is -2.20. The Hall–Kier alpha value is -2.87. The van der Waals surface area contributed by atoms with E-state index < -0.39 is 10.0 Å². The lowest BCUT2D eigenvalue weighted by molar-refractivity contribution is -0.130. The van der Waals surface area contributed by atoms with Crippen LogP contribution in [0.4, 0.5) is 5.69 Å². The van der Waals surface area contributed by atoms with E-state index in [1.54, 1.807) is 38.3 Å². The van der Waals surface area contributed by atoms with Crippen molar-refractivity contribution >= 4 is 27.3 Å². The zero-order valence-corrected chi connectivity index (χ0v) is 16.9. The third-order valence-corrected chi connectivity index (χ3v) is 5.91. The van der Waals surface area contributed by atoms with Crippen LogP contribution in [-0.4, -0.2) is 37.9 Å². The third-order valence-electron chi connectivity index (χ3n) is 4.61. The van der Waals surface area contributed by atoms with Crippen LogP contribution in [0.2, 0.25) is 0 Å². The van der Waals surface area contributed by atoms with Crippen molar-refractivity contribution in [3.63, 3.8) is 0 Å². The van der Waals surface area contributed by atoms with Gasteiger partial charge in [-0.2, -0.15) is 5.10 Å². The number of ether oxygens (including phenoxy) is 1. The van der Waals surface area contributed by atoms with Crippen molar-refractivity contribution < 1.29 is 17.9 Å². The van der Waals surface area contributed by atoms with Crippen LogP contribution < -0.4 is 9.46 Å². The first-order valence-electron chi connectivity index (χ1n) is 8.95. The van der Waals surface area contributed by atoms with Crippen molar-refractivity contribution in [1.29, 1.82) is 0 Å². The molecule has 148 valence electrons. The summed E-state index contributed by atoms with van der Waals surface area (Å²) in [7, 11) is -1.71. The fraction of sp³-hybridized carbons (Fsp3) is 0.300. The normalized spacial score (nSPS) is 16.6. The largest absolute Gasteiger partial charge is 0.497 e. The number of hydrazone groups is 1. The molecule has 0 spiro atoms. The maximum Gasteiger partial charge on any atom is 0.240 e.